The van der Waals surface area contributed by atoms with Gasteiger partial charge in [-0.15, -0.1) is 0 Å². The Balaban J connectivity index is 1.17. The zero-order chi connectivity index (χ0) is 28.8. The number of rotatable bonds is 8. The topological polar surface area (TPSA) is 128 Å². The molecule has 0 atom stereocenters. The van der Waals surface area contributed by atoms with Gasteiger partial charge in [0.1, 0.15) is 17.1 Å². The van der Waals surface area contributed by atoms with Gasteiger partial charge in [0.05, 0.1) is 29.4 Å². The number of benzene rings is 2. The van der Waals surface area contributed by atoms with Crippen LogP contribution in [0.15, 0.2) is 53.4 Å². The predicted octanol–water partition coefficient (Wildman–Crippen LogP) is 4.20. The number of halogens is 1. The van der Waals surface area contributed by atoms with Crippen molar-refractivity contribution in [2.24, 2.45) is 5.14 Å². The van der Waals surface area contributed by atoms with Gasteiger partial charge in [0.2, 0.25) is 15.9 Å². The van der Waals surface area contributed by atoms with Gasteiger partial charge < -0.3 is 9.47 Å². The first-order valence-electron chi connectivity index (χ1n) is 13.8. The minimum atomic E-state index is -3.82. The number of ether oxygens (including phenoxy) is 2. The molecule has 1 aromatic heterocycles. The molecule has 216 valence electrons. The van der Waals surface area contributed by atoms with E-state index in [1.807, 2.05) is 6.92 Å². The van der Waals surface area contributed by atoms with Gasteiger partial charge in [-0.2, -0.15) is 0 Å². The van der Waals surface area contributed by atoms with E-state index in [1.54, 1.807) is 24.3 Å². The SMILES string of the molecule is CCOc1nc(-c2ccc(F)cc2)c(C2CC2)nc1CN1CCC2(CC1)CN(c1ccc(S(N)(=O)=O)cc1)C(=O)O2. The van der Waals surface area contributed by atoms with E-state index in [0.717, 1.165) is 35.5 Å². The van der Waals surface area contributed by atoms with Crippen LogP contribution in [0.2, 0.25) is 0 Å². The summed E-state index contributed by atoms with van der Waals surface area (Å²) in [5.41, 5.74) is 3.21. The molecule has 41 heavy (non-hydrogen) atoms. The standard InChI is InChI=1S/C29H32FN5O5S/c1-2-39-27-24(32-25(19-3-4-19)26(33-27)20-5-7-21(30)8-6-20)17-34-15-13-29(14-16-34)18-35(28(36)40-29)22-9-11-23(12-10-22)41(31,37)38/h5-12,19H,2-4,13-18H2,1H3,(H2,31,37,38). The Kier molecular flexibility index (Phi) is 7.16. The van der Waals surface area contributed by atoms with E-state index in [4.69, 9.17) is 24.6 Å². The minimum Gasteiger partial charge on any atom is -0.477 e. The quantitative estimate of drug-likeness (QED) is 0.419. The Labute approximate surface area is 238 Å². The Morgan fingerprint density at radius 3 is 2.37 bits per heavy atom. The van der Waals surface area contributed by atoms with E-state index in [0.29, 0.717) is 63.1 Å². The summed E-state index contributed by atoms with van der Waals surface area (Å²) in [5.74, 6) is 0.526. The van der Waals surface area contributed by atoms with E-state index in [9.17, 15) is 17.6 Å². The number of hydrogen-bond donors (Lipinski definition) is 1. The zero-order valence-electron chi connectivity index (χ0n) is 22.8. The zero-order valence-corrected chi connectivity index (χ0v) is 23.6. The van der Waals surface area contributed by atoms with Gasteiger partial charge in [-0.25, -0.2) is 32.7 Å². The number of carbonyl (C=O) groups is 1. The Morgan fingerprint density at radius 1 is 1.07 bits per heavy atom. The highest BCUT2D eigenvalue weighted by Crippen LogP contribution is 2.44. The van der Waals surface area contributed by atoms with Crippen LogP contribution in [0, 0.1) is 5.82 Å². The number of piperidine rings is 1. The third-order valence-corrected chi connectivity index (χ3v) is 8.84. The molecule has 1 amide bonds. The number of anilines is 1. The van der Waals surface area contributed by atoms with Crippen molar-refractivity contribution in [3.63, 3.8) is 0 Å². The number of nitrogens with zero attached hydrogens (tertiary/aromatic N) is 4. The monoisotopic (exact) mass is 581 g/mol. The second-order valence-electron chi connectivity index (χ2n) is 10.9. The lowest BCUT2D eigenvalue weighted by molar-refractivity contribution is -0.00144. The van der Waals surface area contributed by atoms with Crippen LogP contribution in [0.1, 0.15) is 49.9 Å². The molecule has 0 bridgehead atoms. The summed E-state index contributed by atoms with van der Waals surface area (Å²) >= 11 is 0. The molecule has 3 fully saturated rings. The number of aromatic nitrogens is 2. The molecule has 1 aliphatic carbocycles. The van der Waals surface area contributed by atoms with E-state index >= 15 is 0 Å². The van der Waals surface area contributed by atoms with E-state index < -0.39 is 21.7 Å². The van der Waals surface area contributed by atoms with Gasteiger partial charge in [-0.05, 0) is 68.3 Å². The predicted molar refractivity (Wildman–Crippen MR) is 149 cm³/mol. The molecule has 3 heterocycles. The maximum Gasteiger partial charge on any atom is 0.415 e. The molecule has 0 unspecified atom stereocenters. The molecule has 3 aromatic rings. The maximum absolute atomic E-state index is 13.6. The van der Waals surface area contributed by atoms with Gasteiger partial charge in [0, 0.05) is 49.6 Å². The van der Waals surface area contributed by atoms with Crippen molar-refractivity contribution in [2.45, 2.75) is 55.6 Å². The highest BCUT2D eigenvalue weighted by Gasteiger charge is 2.47. The summed E-state index contributed by atoms with van der Waals surface area (Å²) in [6.07, 6.45) is 2.94. The van der Waals surface area contributed by atoms with E-state index in [2.05, 4.69) is 4.90 Å². The summed E-state index contributed by atoms with van der Waals surface area (Å²) in [4.78, 5) is 26.5. The summed E-state index contributed by atoms with van der Waals surface area (Å²) in [6.45, 7) is 4.67. The van der Waals surface area contributed by atoms with Crippen molar-refractivity contribution in [2.75, 3.05) is 31.1 Å². The van der Waals surface area contributed by atoms with Crippen molar-refractivity contribution < 1.29 is 27.1 Å². The molecule has 0 radical (unpaired) electrons. The molecule has 2 aromatic carbocycles. The molecule has 2 N–H and O–H groups in total. The minimum absolute atomic E-state index is 0.0121. The van der Waals surface area contributed by atoms with Crippen molar-refractivity contribution in [3.05, 3.63) is 65.7 Å². The van der Waals surface area contributed by atoms with Gasteiger partial charge in [0.25, 0.3) is 0 Å². The van der Waals surface area contributed by atoms with Crippen LogP contribution in [0.5, 0.6) is 5.88 Å². The number of nitrogens with two attached hydrogens (primary N) is 1. The van der Waals surface area contributed by atoms with Gasteiger partial charge in [-0.1, -0.05) is 0 Å². The Hall–Kier alpha value is -3.61. The fraction of sp³-hybridized carbons (Fsp3) is 0.414. The lowest BCUT2D eigenvalue weighted by atomic mass is 9.91. The molecule has 3 aliphatic rings. The summed E-state index contributed by atoms with van der Waals surface area (Å²) in [7, 11) is -3.82. The lowest BCUT2D eigenvalue weighted by Crippen LogP contribution is -2.46. The van der Waals surface area contributed by atoms with Gasteiger partial charge in [0.15, 0.2) is 0 Å². The molecule has 10 nitrogen and oxygen atoms in total. The largest absolute Gasteiger partial charge is 0.477 e. The Morgan fingerprint density at radius 2 is 1.76 bits per heavy atom. The van der Waals surface area contributed by atoms with Gasteiger partial charge in [-0.3, -0.25) is 9.80 Å². The molecule has 2 saturated heterocycles. The number of likely N-dealkylation sites (tertiary alicyclic amines) is 1. The number of hydrogen-bond acceptors (Lipinski definition) is 8. The first kappa shape index (κ1) is 27.6. The van der Waals surface area contributed by atoms with Crippen LogP contribution >= 0.6 is 0 Å². The Bertz CT molecular complexity index is 1550. The van der Waals surface area contributed by atoms with Crippen molar-refractivity contribution in [3.8, 4) is 17.1 Å². The van der Waals surface area contributed by atoms with Crippen LogP contribution in [0.25, 0.3) is 11.3 Å². The number of amides is 1. The molecular weight excluding hydrogens is 549 g/mol. The fourth-order valence-corrected chi connectivity index (χ4v) is 6.03. The van der Waals surface area contributed by atoms with Crippen molar-refractivity contribution in [1.82, 2.24) is 14.9 Å². The molecule has 6 rings (SSSR count). The van der Waals surface area contributed by atoms with Crippen LogP contribution in [-0.4, -0.2) is 61.2 Å². The maximum atomic E-state index is 13.6. The number of primary sulfonamides is 1. The molecule has 1 saturated carbocycles. The van der Waals surface area contributed by atoms with Crippen LogP contribution in [0.4, 0.5) is 14.9 Å². The summed E-state index contributed by atoms with van der Waals surface area (Å²) in [6, 6.07) is 12.2. The average molecular weight is 582 g/mol. The summed E-state index contributed by atoms with van der Waals surface area (Å²) in [5, 5.41) is 5.19. The third kappa shape index (κ3) is 5.77. The smallest absolute Gasteiger partial charge is 0.415 e. The van der Waals surface area contributed by atoms with Crippen molar-refractivity contribution >= 4 is 21.8 Å². The molecule has 1 spiro atoms. The van der Waals surface area contributed by atoms with E-state index in [1.165, 1.54) is 29.2 Å². The highest BCUT2D eigenvalue weighted by atomic mass is 32.2. The summed E-state index contributed by atoms with van der Waals surface area (Å²) < 4.78 is 48.5. The molecule has 12 heteroatoms. The second kappa shape index (κ2) is 10.7. The number of carbonyl (C=O) groups excluding carboxylic acids is 1. The normalized spacial score (nSPS) is 19.0. The van der Waals surface area contributed by atoms with E-state index in [-0.39, 0.29) is 10.7 Å². The fourth-order valence-electron chi connectivity index (χ4n) is 5.51. The average Bonchev–Trinajstić information content (AvgIpc) is 3.74. The first-order valence-corrected chi connectivity index (χ1v) is 15.3. The van der Waals surface area contributed by atoms with Crippen molar-refractivity contribution in [1.29, 1.82) is 0 Å². The van der Waals surface area contributed by atoms with Crippen LogP contribution in [-0.2, 0) is 21.3 Å². The first-order chi connectivity index (χ1) is 19.6. The second-order valence-corrected chi connectivity index (χ2v) is 12.4. The van der Waals surface area contributed by atoms with Crippen LogP contribution < -0.4 is 14.8 Å². The lowest BCUT2D eigenvalue weighted by Gasteiger charge is -2.37. The van der Waals surface area contributed by atoms with Gasteiger partial charge >= 0.3 is 6.09 Å². The molecular formula is C29H32FN5O5S. The molecule has 2 aliphatic heterocycles. The van der Waals surface area contributed by atoms with Crippen LogP contribution in [0.3, 0.4) is 0 Å². The number of sulfonamides is 1. The highest BCUT2D eigenvalue weighted by molar-refractivity contribution is 7.89. The third-order valence-electron chi connectivity index (χ3n) is 7.91.